The summed E-state index contributed by atoms with van der Waals surface area (Å²) < 4.78 is 1.97. The maximum atomic E-state index is 13.3. The third-order valence-electron chi connectivity index (χ3n) is 5.76. The zero-order valence-electron chi connectivity index (χ0n) is 18.6. The number of halogens is 1. The highest BCUT2D eigenvalue weighted by Crippen LogP contribution is 2.33. The Balaban J connectivity index is 1.68. The summed E-state index contributed by atoms with van der Waals surface area (Å²) in [7, 11) is 0. The molecule has 1 aliphatic rings. The number of carbonyl (C=O) groups excluding carboxylic acids is 2. The van der Waals surface area contributed by atoms with Crippen LogP contribution in [0.4, 0.5) is 5.95 Å². The van der Waals surface area contributed by atoms with Crippen LogP contribution in [0.25, 0.3) is 5.69 Å². The van der Waals surface area contributed by atoms with Crippen molar-refractivity contribution in [3.63, 3.8) is 0 Å². The van der Waals surface area contributed by atoms with Gasteiger partial charge >= 0.3 is 0 Å². The largest absolute Gasteiger partial charge is 0.355 e. The molecule has 3 aromatic rings. The predicted octanol–water partition coefficient (Wildman–Crippen LogP) is 5.03. The number of nitrogens with zero attached hydrogens (tertiary/aromatic N) is 4. The van der Waals surface area contributed by atoms with E-state index in [9.17, 15) is 9.59 Å². The molecule has 4 rings (SSSR count). The van der Waals surface area contributed by atoms with E-state index < -0.39 is 5.25 Å². The van der Waals surface area contributed by atoms with E-state index in [-0.39, 0.29) is 11.6 Å². The van der Waals surface area contributed by atoms with Gasteiger partial charge in [0.2, 0.25) is 5.95 Å². The fourth-order valence-corrected chi connectivity index (χ4v) is 5.35. The Morgan fingerprint density at radius 3 is 2.53 bits per heavy atom. The van der Waals surface area contributed by atoms with Gasteiger partial charge in [-0.15, -0.1) is 10.2 Å². The molecule has 32 heavy (non-hydrogen) atoms. The van der Waals surface area contributed by atoms with Crippen molar-refractivity contribution in [2.75, 3.05) is 18.0 Å². The maximum Gasteiger partial charge on any atom is 0.232 e. The van der Waals surface area contributed by atoms with E-state index in [2.05, 4.69) is 20.1 Å². The molecule has 3 heterocycles. The van der Waals surface area contributed by atoms with Crippen LogP contribution in [-0.4, -0.2) is 49.7 Å². The van der Waals surface area contributed by atoms with Gasteiger partial charge in [-0.1, -0.05) is 29.4 Å². The van der Waals surface area contributed by atoms with Crippen LogP contribution in [0.2, 0.25) is 5.02 Å². The first kappa shape index (κ1) is 22.6. The van der Waals surface area contributed by atoms with Gasteiger partial charge in [0.1, 0.15) is 0 Å². The zero-order chi connectivity index (χ0) is 23.0. The minimum Gasteiger partial charge on any atom is -0.355 e. The number of Topliss-reactive ketones (excluding diaryl/α,β-unsaturated/α-hetero) is 2. The van der Waals surface area contributed by atoms with Crippen LogP contribution >= 0.6 is 23.4 Å². The Labute approximate surface area is 196 Å². The van der Waals surface area contributed by atoms with Crippen molar-refractivity contribution < 1.29 is 9.59 Å². The molecule has 1 saturated heterocycles. The summed E-state index contributed by atoms with van der Waals surface area (Å²) in [6, 6.07) is 7.55. The Hall–Kier alpha value is -2.58. The molecule has 9 heteroatoms. The average Bonchev–Trinajstić information content (AvgIpc) is 3.46. The second-order valence-corrected chi connectivity index (χ2v) is 9.84. The van der Waals surface area contributed by atoms with E-state index in [1.165, 1.54) is 18.7 Å². The number of aromatic amines is 1. The standard InChI is InChI=1S/C23H26ClN5O2S/c1-13-19(15(3)30)14(2)25-20(13)21(31)16(4)32-23-27-26-22(28-10-5-6-11-28)29(23)18-9-7-8-17(24)12-18/h7-9,12,16,25H,5-6,10-11H2,1-4H3. The molecular formula is C23H26ClN5O2S. The van der Waals surface area contributed by atoms with Gasteiger partial charge in [0.25, 0.3) is 0 Å². The molecule has 0 amide bonds. The lowest BCUT2D eigenvalue weighted by atomic mass is 10.0. The van der Waals surface area contributed by atoms with Gasteiger partial charge in [0.15, 0.2) is 16.7 Å². The first-order chi connectivity index (χ1) is 15.3. The number of carbonyl (C=O) groups is 2. The lowest BCUT2D eigenvalue weighted by Crippen LogP contribution is -2.22. The molecular weight excluding hydrogens is 446 g/mol. The number of H-pyrrole nitrogens is 1. The smallest absolute Gasteiger partial charge is 0.232 e. The molecule has 1 aromatic carbocycles. The van der Waals surface area contributed by atoms with Crippen LogP contribution in [0.3, 0.4) is 0 Å². The summed E-state index contributed by atoms with van der Waals surface area (Å²) in [6.45, 7) is 8.84. The van der Waals surface area contributed by atoms with Gasteiger partial charge in [0.05, 0.1) is 16.6 Å². The second-order valence-electron chi connectivity index (χ2n) is 8.10. The lowest BCUT2D eigenvalue weighted by Gasteiger charge is -2.19. The van der Waals surface area contributed by atoms with Gasteiger partial charge in [-0.05, 0) is 64.3 Å². The normalized spacial score (nSPS) is 14.7. The van der Waals surface area contributed by atoms with Crippen molar-refractivity contribution in [1.82, 2.24) is 19.7 Å². The van der Waals surface area contributed by atoms with Crippen molar-refractivity contribution in [3.05, 3.63) is 51.8 Å². The number of thioether (sulfide) groups is 1. The topological polar surface area (TPSA) is 83.9 Å². The number of hydrogen-bond acceptors (Lipinski definition) is 6. The van der Waals surface area contributed by atoms with Crippen molar-refractivity contribution in [3.8, 4) is 5.69 Å². The molecule has 0 aliphatic carbocycles. The van der Waals surface area contributed by atoms with Crippen molar-refractivity contribution in [2.45, 2.75) is 50.9 Å². The molecule has 168 valence electrons. The zero-order valence-corrected chi connectivity index (χ0v) is 20.2. The maximum absolute atomic E-state index is 13.3. The Morgan fingerprint density at radius 2 is 1.91 bits per heavy atom. The van der Waals surface area contributed by atoms with Gasteiger partial charge in [-0.2, -0.15) is 0 Å². The van der Waals surface area contributed by atoms with Gasteiger partial charge in [-0.25, -0.2) is 0 Å². The Morgan fingerprint density at radius 1 is 1.19 bits per heavy atom. The monoisotopic (exact) mass is 471 g/mol. The van der Waals surface area contributed by atoms with Crippen molar-refractivity contribution in [2.24, 2.45) is 0 Å². The fourth-order valence-electron chi connectivity index (χ4n) is 4.24. The molecule has 1 aliphatic heterocycles. The van der Waals surface area contributed by atoms with E-state index in [0.29, 0.717) is 32.7 Å². The minimum atomic E-state index is -0.430. The molecule has 0 radical (unpaired) electrons. The quantitative estimate of drug-likeness (QED) is 0.384. The summed E-state index contributed by atoms with van der Waals surface area (Å²) in [6.07, 6.45) is 2.23. The average molecular weight is 472 g/mol. The third kappa shape index (κ3) is 4.21. The Kier molecular flexibility index (Phi) is 6.44. The van der Waals surface area contributed by atoms with Crippen LogP contribution in [0.1, 0.15) is 58.8 Å². The highest BCUT2D eigenvalue weighted by molar-refractivity contribution is 8.00. The predicted molar refractivity (Wildman–Crippen MR) is 128 cm³/mol. The van der Waals surface area contributed by atoms with Gasteiger partial charge in [-0.3, -0.25) is 14.2 Å². The number of aromatic nitrogens is 4. The second kappa shape index (κ2) is 9.11. The Bertz CT molecular complexity index is 1180. The van der Waals surface area contributed by atoms with E-state index in [0.717, 1.165) is 37.6 Å². The number of anilines is 1. The summed E-state index contributed by atoms with van der Waals surface area (Å²) in [4.78, 5) is 30.6. The molecule has 1 unspecified atom stereocenters. The number of ketones is 2. The first-order valence-electron chi connectivity index (χ1n) is 10.6. The van der Waals surface area contributed by atoms with Crippen LogP contribution in [0.5, 0.6) is 0 Å². The molecule has 2 aromatic heterocycles. The van der Waals surface area contributed by atoms with E-state index in [1.807, 2.05) is 49.6 Å². The van der Waals surface area contributed by atoms with Crippen LogP contribution in [0, 0.1) is 13.8 Å². The molecule has 0 saturated carbocycles. The third-order valence-corrected chi connectivity index (χ3v) is 7.04. The van der Waals surface area contributed by atoms with E-state index >= 15 is 0 Å². The van der Waals surface area contributed by atoms with Gasteiger partial charge < -0.3 is 9.88 Å². The number of benzene rings is 1. The van der Waals surface area contributed by atoms with Crippen molar-refractivity contribution >= 4 is 40.9 Å². The fraction of sp³-hybridized carbons (Fsp3) is 0.391. The van der Waals surface area contributed by atoms with Crippen LogP contribution in [0.15, 0.2) is 29.4 Å². The van der Waals surface area contributed by atoms with E-state index in [1.54, 1.807) is 0 Å². The molecule has 1 N–H and O–H groups in total. The highest BCUT2D eigenvalue weighted by atomic mass is 35.5. The number of rotatable bonds is 7. The lowest BCUT2D eigenvalue weighted by molar-refractivity contribution is 0.0988. The molecule has 7 nitrogen and oxygen atoms in total. The minimum absolute atomic E-state index is 0.0495. The van der Waals surface area contributed by atoms with Crippen molar-refractivity contribution in [1.29, 1.82) is 0 Å². The van der Waals surface area contributed by atoms with Crippen LogP contribution < -0.4 is 4.90 Å². The molecule has 1 fully saturated rings. The summed E-state index contributed by atoms with van der Waals surface area (Å²) in [5, 5.41) is 9.71. The number of aryl methyl sites for hydroxylation is 1. The number of hydrogen-bond donors (Lipinski definition) is 1. The number of nitrogens with one attached hydrogen (secondary N) is 1. The molecule has 0 spiro atoms. The van der Waals surface area contributed by atoms with Crippen LogP contribution in [-0.2, 0) is 0 Å². The molecule has 0 bridgehead atoms. The van der Waals surface area contributed by atoms with E-state index in [4.69, 9.17) is 11.6 Å². The van der Waals surface area contributed by atoms with Gasteiger partial charge in [0, 0.05) is 29.4 Å². The SMILES string of the molecule is CC(=O)c1c(C)[nH]c(C(=O)C(C)Sc2nnc(N3CCCC3)n2-c2cccc(Cl)c2)c1C. The summed E-state index contributed by atoms with van der Waals surface area (Å²) in [5.74, 6) is 0.635. The summed E-state index contributed by atoms with van der Waals surface area (Å²) in [5.41, 5.74) is 3.33. The summed E-state index contributed by atoms with van der Waals surface area (Å²) >= 11 is 7.61. The highest BCUT2D eigenvalue weighted by Gasteiger charge is 2.28. The first-order valence-corrected chi connectivity index (χ1v) is 11.9. The molecule has 1 atom stereocenters.